The van der Waals surface area contributed by atoms with Crippen LogP contribution in [0.15, 0.2) is 6.07 Å². The second-order valence-electron chi connectivity index (χ2n) is 4.71. The van der Waals surface area contributed by atoms with Gasteiger partial charge in [0.15, 0.2) is 0 Å². The molecule has 0 amide bonds. The van der Waals surface area contributed by atoms with Crippen LogP contribution in [0.4, 0.5) is 5.82 Å². The Bertz CT molecular complexity index is 261. The van der Waals surface area contributed by atoms with Crippen LogP contribution in [-0.4, -0.2) is 16.3 Å². The summed E-state index contributed by atoms with van der Waals surface area (Å²) in [7, 11) is 1.96. The molecule has 3 nitrogen and oxygen atoms in total. The maximum Gasteiger partial charge on any atom is 0.148 e. The van der Waals surface area contributed by atoms with Gasteiger partial charge in [-0.05, 0) is 12.3 Å². The molecule has 0 aliphatic carbocycles. The van der Waals surface area contributed by atoms with Crippen LogP contribution in [0.3, 0.4) is 0 Å². The lowest BCUT2D eigenvalue weighted by Gasteiger charge is -2.18. The first-order valence-corrected chi connectivity index (χ1v) is 4.63. The molecule has 13 heavy (non-hydrogen) atoms. The minimum absolute atomic E-state index is 0.297. The van der Waals surface area contributed by atoms with E-state index in [4.69, 9.17) is 0 Å². The van der Waals surface area contributed by atoms with Crippen molar-refractivity contribution in [2.24, 2.45) is 12.5 Å². The van der Waals surface area contributed by atoms with Gasteiger partial charge in [0.25, 0.3) is 0 Å². The van der Waals surface area contributed by atoms with Gasteiger partial charge < -0.3 is 5.32 Å². The van der Waals surface area contributed by atoms with E-state index in [1.807, 2.05) is 11.7 Å². The Morgan fingerprint density at radius 2 is 2.08 bits per heavy atom. The van der Waals surface area contributed by atoms with E-state index >= 15 is 0 Å². The normalized spacial score (nSPS) is 11.8. The van der Waals surface area contributed by atoms with Crippen molar-refractivity contribution in [3.05, 3.63) is 11.8 Å². The average Bonchev–Trinajstić information content (AvgIpc) is 2.27. The molecule has 74 valence electrons. The van der Waals surface area contributed by atoms with Crippen LogP contribution in [0.1, 0.15) is 26.5 Å². The highest BCUT2D eigenvalue weighted by Crippen LogP contribution is 2.14. The molecule has 1 N–H and O–H groups in total. The zero-order chi connectivity index (χ0) is 10.1. The summed E-state index contributed by atoms with van der Waals surface area (Å²) in [6.45, 7) is 9.61. The summed E-state index contributed by atoms with van der Waals surface area (Å²) in [5, 5.41) is 7.63. The molecule has 0 fully saturated rings. The van der Waals surface area contributed by atoms with Crippen LogP contribution in [-0.2, 0) is 7.05 Å². The lowest BCUT2D eigenvalue weighted by Crippen LogP contribution is -2.19. The Morgan fingerprint density at radius 1 is 1.46 bits per heavy atom. The molecule has 1 aromatic rings. The van der Waals surface area contributed by atoms with E-state index in [-0.39, 0.29) is 0 Å². The molecule has 3 heteroatoms. The average molecular weight is 181 g/mol. The molecule has 0 unspecified atom stereocenters. The lowest BCUT2D eigenvalue weighted by atomic mass is 9.97. The second kappa shape index (κ2) is 3.40. The molecule has 1 heterocycles. The van der Waals surface area contributed by atoms with Crippen LogP contribution in [0.2, 0.25) is 0 Å². The quantitative estimate of drug-likeness (QED) is 0.758. The van der Waals surface area contributed by atoms with Gasteiger partial charge in [-0.2, -0.15) is 5.10 Å². The van der Waals surface area contributed by atoms with Crippen LogP contribution in [0.25, 0.3) is 0 Å². The molecule has 0 atom stereocenters. The van der Waals surface area contributed by atoms with Crippen molar-refractivity contribution >= 4 is 5.82 Å². The van der Waals surface area contributed by atoms with Crippen LogP contribution in [0, 0.1) is 12.3 Å². The fourth-order valence-electron chi connectivity index (χ4n) is 1.00. The number of nitrogens with zero attached hydrogens (tertiary/aromatic N) is 2. The van der Waals surface area contributed by atoms with Gasteiger partial charge in [-0.15, -0.1) is 0 Å². The number of aryl methyl sites for hydroxylation is 2. The maximum absolute atomic E-state index is 4.32. The maximum atomic E-state index is 4.32. The number of nitrogens with one attached hydrogen (secondary N) is 1. The van der Waals surface area contributed by atoms with Gasteiger partial charge in [-0.25, -0.2) is 0 Å². The Hall–Kier alpha value is -0.990. The number of hydrogen-bond acceptors (Lipinski definition) is 2. The van der Waals surface area contributed by atoms with Gasteiger partial charge in [0.2, 0.25) is 0 Å². The molecule has 0 aliphatic heterocycles. The first-order valence-electron chi connectivity index (χ1n) is 4.63. The minimum atomic E-state index is 0.297. The van der Waals surface area contributed by atoms with Gasteiger partial charge in [-0.1, -0.05) is 20.8 Å². The summed E-state index contributed by atoms with van der Waals surface area (Å²) in [5.41, 5.74) is 1.47. The van der Waals surface area contributed by atoms with Crippen molar-refractivity contribution in [2.75, 3.05) is 11.9 Å². The zero-order valence-electron chi connectivity index (χ0n) is 9.18. The Labute approximate surface area is 80.1 Å². The predicted octanol–water partition coefficient (Wildman–Crippen LogP) is 2.19. The van der Waals surface area contributed by atoms with Crippen molar-refractivity contribution in [3.63, 3.8) is 0 Å². The van der Waals surface area contributed by atoms with Crippen molar-refractivity contribution in [1.82, 2.24) is 9.78 Å². The van der Waals surface area contributed by atoms with Crippen molar-refractivity contribution in [2.45, 2.75) is 27.7 Å². The fourth-order valence-corrected chi connectivity index (χ4v) is 1.00. The van der Waals surface area contributed by atoms with E-state index in [0.29, 0.717) is 5.41 Å². The standard InChI is InChI=1S/C10H19N3/c1-8-6-9(12-13(8)5)11-7-10(2,3)4/h6H,7H2,1-5H3,(H,11,12). The Morgan fingerprint density at radius 3 is 2.46 bits per heavy atom. The van der Waals surface area contributed by atoms with E-state index in [1.165, 1.54) is 5.69 Å². The molecule has 0 radical (unpaired) electrons. The molecule has 0 aliphatic rings. The van der Waals surface area contributed by atoms with Gasteiger partial charge in [-0.3, -0.25) is 4.68 Å². The van der Waals surface area contributed by atoms with Gasteiger partial charge in [0.05, 0.1) is 0 Å². The third-order valence-electron chi connectivity index (χ3n) is 1.91. The highest BCUT2D eigenvalue weighted by molar-refractivity contribution is 5.35. The second-order valence-corrected chi connectivity index (χ2v) is 4.71. The van der Waals surface area contributed by atoms with Crippen LogP contribution >= 0.6 is 0 Å². The van der Waals surface area contributed by atoms with Crippen molar-refractivity contribution < 1.29 is 0 Å². The topological polar surface area (TPSA) is 29.9 Å². The smallest absolute Gasteiger partial charge is 0.148 e. The molecule has 0 bridgehead atoms. The summed E-state index contributed by atoms with van der Waals surface area (Å²) in [4.78, 5) is 0. The van der Waals surface area contributed by atoms with E-state index in [1.54, 1.807) is 0 Å². The summed E-state index contributed by atoms with van der Waals surface area (Å²) in [6, 6.07) is 2.06. The summed E-state index contributed by atoms with van der Waals surface area (Å²) in [6.07, 6.45) is 0. The van der Waals surface area contributed by atoms with Crippen LogP contribution < -0.4 is 5.32 Å². The number of rotatable bonds is 2. The molecule has 0 saturated heterocycles. The van der Waals surface area contributed by atoms with Crippen LogP contribution in [0.5, 0.6) is 0 Å². The molecular formula is C10H19N3. The molecule has 0 aromatic carbocycles. The highest BCUT2D eigenvalue weighted by Gasteiger charge is 2.10. The third kappa shape index (κ3) is 3.09. The summed E-state index contributed by atoms with van der Waals surface area (Å²) >= 11 is 0. The lowest BCUT2D eigenvalue weighted by molar-refractivity contribution is 0.442. The van der Waals surface area contributed by atoms with E-state index in [9.17, 15) is 0 Å². The van der Waals surface area contributed by atoms with Crippen molar-refractivity contribution in [1.29, 1.82) is 0 Å². The molecule has 1 aromatic heterocycles. The molecular weight excluding hydrogens is 162 g/mol. The monoisotopic (exact) mass is 181 g/mol. The number of anilines is 1. The largest absolute Gasteiger partial charge is 0.368 e. The van der Waals surface area contributed by atoms with Gasteiger partial charge in [0, 0.05) is 25.4 Å². The first kappa shape index (κ1) is 10.1. The van der Waals surface area contributed by atoms with E-state index in [0.717, 1.165) is 12.4 Å². The first-order chi connectivity index (χ1) is 5.88. The minimum Gasteiger partial charge on any atom is -0.368 e. The Balaban J connectivity index is 2.56. The van der Waals surface area contributed by atoms with E-state index in [2.05, 4.69) is 44.2 Å². The number of hydrogen-bond donors (Lipinski definition) is 1. The molecule has 0 saturated carbocycles. The number of aromatic nitrogens is 2. The highest BCUT2D eigenvalue weighted by atomic mass is 15.3. The van der Waals surface area contributed by atoms with Crippen molar-refractivity contribution in [3.8, 4) is 0 Å². The SMILES string of the molecule is Cc1cc(NCC(C)(C)C)nn1C. The summed E-state index contributed by atoms with van der Waals surface area (Å²) in [5.74, 6) is 0.968. The summed E-state index contributed by atoms with van der Waals surface area (Å²) < 4.78 is 1.88. The zero-order valence-corrected chi connectivity index (χ0v) is 9.18. The van der Waals surface area contributed by atoms with Gasteiger partial charge in [0.1, 0.15) is 5.82 Å². The third-order valence-corrected chi connectivity index (χ3v) is 1.91. The predicted molar refractivity (Wildman–Crippen MR) is 55.9 cm³/mol. The fraction of sp³-hybridized carbons (Fsp3) is 0.700. The molecule has 0 spiro atoms. The Kier molecular flexibility index (Phi) is 2.64. The molecule has 1 rings (SSSR count). The van der Waals surface area contributed by atoms with Gasteiger partial charge >= 0.3 is 0 Å². The van der Waals surface area contributed by atoms with E-state index < -0.39 is 0 Å².